The Kier molecular flexibility index (Phi) is 8.81. The number of nitrogens with two attached hydrogens (primary N) is 1. The molecule has 0 aromatic heterocycles. The van der Waals surface area contributed by atoms with Crippen molar-refractivity contribution in [1.29, 1.82) is 0 Å². The molecule has 10 heteroatoms. The van der Waals surface area contributed by atoms with Crippen molar-refractivity contribution in [3.8, 4) is 0 Å². The van der Waals surface area contributed by atoms with Crippen molar-refractivity contribution in [2.45, 2.75) is 30.2 Å². The zero-order chi connectivity index (χ0) is 26.8. The quantitative estimate of drug-likeness (QED) is 0.289. The Morgan fingerprint density at radius 3 is 2.32 bits per heavy atom. The van der Waals surface area contributed by atoms with E-state index in [4.69, 9.17) is 62.0 Å². The Balaban J connectivity index is 1.94. The Labute approximate surface area is 240 Å². The van der Waals surface area contributed by atoms with Gasteiger partial charge >= 0.3 is 0 Å². The lowest BCUT2D eigenvalue weighted by Gasteiger charge is -2.40. The lowest BCUT2D eigenvalue weighted by molar-refractivity contribution is -0.158. The smallest absolute Gasteiger partial charge is 0.280 e. The van der Waals surface area contributed by atoms with Gasteiger partial charge < -0.3 is 10.5 Å². The monoisotopic (exact) mass is 595 g/mol. The van der Waals surface area contributed by atoms with Crippen molar-refractivity contribution in [3.63, 3.8) is 0 Å². The van der Waals surface area contributed by atoms with Crippen LogP contribution >= 0.6 is 58.2 Å². The first-order valence-corrected chi connectivity index (χ1v) is 13.8. The average Bonchev–Trinajstić information content (AvgIpc) is 3.30. The summed E-state index contributed by atoms with van der Waals surface area (Å²) in [7, 11) is 1.46. The van der Waals surface area contributed by atoms with Crippen LogP contribution < -0.4 is 5.73 Å². The number of halogens is 4. The molecule has 1 aliphatic heterocycles. The molecule has 0 bridgehead atoms. The molecule has 194 valence electrons. The molecule has 0 saturated heterocycles. The minimum atomic E-state index is -1.50. The first-order chi connectivity index (χ1) is 17.7. The summed E-state index contributed by atoms with van der Waals surface area (Å²) in [6.07, 6.45) is 1.16. The molecule has 1 unspecified atom stereocenters. The zero-order valence-corrected chi connectivity index (χ0v) is 24.0. The van der Waals surface area contributed by atoms with E-state index in [2.05, 4.69) is 0 Å². The Hall–Kier alpha value is -1.77. The number of ether oxygens (including phenoxy) is 1. The number of nitrogens with zero attached hydrogens (tertiary/aromatic N) is 2. The van der Waals surface area contributed by atoms with E-state index in [-0.39, 0.29) is 0 Å². The summed E-state index contributed by atoms with van der Waals surface area (Å²) in [5.41, 5.74) is 6.40. The molecule has 4 rings (SSSR count). The standard InChI is InChI=1S/C27H25Cl4N3O2S/c1-26(36-2,21-16-19(29)10-12-23(21)31)25(35)34-27(13-6-14-32,17-7-4-3-5-8-17)37-24(33-34)20-15-18(28)9-11-22(20)30/h3-5,7-12,15-16H,6,13-14,32H2,1-2H3/t26-,27?/m0/s1. The summed E-state index contributed by atoms with van der Waals surface area (Å²) in [4.78, 5) is 13.6. The molecular weight excluding hydrogens is 572 g/mol. The number of amides is 1. The van der Waals surface area contributed by atoms with Crippen molar-refractivity contribution in [2.75, 3.05) is 13.7 Å². The lowest BCUT2D eigenvalue weighted by Crippen LogP contribution is -2.51. The third-order valence-electron chi connectivity index (χ3n) is 6.35. The lowest BCUT2D eigenvalue weighted by atomic mass is 9.92. The normalized spacial score (nSPS) is 19.0. The van der Waals surface area contributed by atoms with Gasteiger partial charge in [0.25, 0.3) is 5.91 Å². The fraction of sp³-hybridized carbons (Fsp3) is 0.259. The summed E-state index contributed by atoms with van der Waals surface area (Å²) in [6, 6.07) is 19.8. The number of methoxy groups -OCH3 is 1. The van der Waals surface area contributed by atoms with E-state index in [1.807, 2.05) is 30.3 Å². The van der Waals surface area contributed by atoms with Crippen molar-refractivity contribution >= 4 is 69.1 Å². The van der Waals surface area contributed by atoms with Crippen LogP contribution in [-0.4, -0.2) is 29.6 Å². The highest BCUT2D eigenvalue weighted by atomic mass is 35.5. The molecule has 3 aromatic rings. The zero-order valence-electron chi connectivity index (χ0n) is 20.2. The van der Waals surface area contributed by atoms with E-state index in [1.54, 1.807) is 43.3 Å². The number of thioether (sulfide) groups is 1. The maximum absolute atomic E-state index is 14.5. The highest BCUT2D eigenvalue weighted by Gasteiger charge is 2.53. The highest BCUT2D eigenvalue weighted by Crippen LogP contribution is 2.53. The SMILES string of the molecule is CO[C@](C)(C(=O)N1N=C(c2cc(Cl)ccc2Cl)SC1(CCCN)c1ccccc1)c1cc(Cl)ccc1Cl. The average molecular weight is 597 g/mol. The van der Waals surface area contributed by atoms with Gasteiger partial charge in [0.2, 0.25) is 0 Å². The number of carbonyl (C=O) groups excluding carboxylic acids is 1. The first kappa shape index (κ1) is 28.2. The summed E-state index contributed by atoms with van der Waals surface area (Å²) >= 11 is 27.1. The molecule has 5 nitrogen and oxygen atoms in total. The molecule has 0 radical (unpaired) electrons. The van der Waals surface area contributed by atoms with E-state index in [9.17, 15) is 4.79 Å². The molecule has 37 heavy (non-hydrogen) atoms. The number of hydrazone groups is 1. The van der Waals surface area contributed by atoms with Crippen molar-refractivity contribution < 1.29 is 9.53 Å². The van der Waals surface area contributed by atoms with E-state index >= 15 is 0 Å². The Morgan fingerprint density at radius 1 is 1.03 bits per heavy atom. The fourth-order valence-corrected chi connectivity index (χ4v) is 6.61. The minimum Gasteiger partial charge on any atom is -0.364 e. The van der Waals surface area contributed by atoms with Crippen LogP contribution in [0, 0.1) is 0 Å². The molecule has 0 spiro atoms. The summed E-state index contributed by atoms with van der Waals surface area (Å²) in [6.45, 7) is 2.10. The molecule has 0 saturated carbocycles. The van der Waals surface area contributed by atoms with Crippen LogP contribution in [0.1, 0.15) is 36.5 Å². The maximum Gasteiger partial charge on any atom is 0.280 e. The van der Waals surface area contributed by atoms with E-state index < -0.39 is 16.4 Å². The van der Waals surface area contributed by atoms with Crippen LogP contribution in [0.5, 0.6) is 0 Å². The molecule has 2 atom stereocenters. The number of carbonyl (C=O) groups is 1. The van der Waals surface area contributed by atoms with Crippen molar-refractivity contribution in [3.05, 3.63) is 104 Å². The molecule has 0 aliphatic carbocycles. The number of hydrogen-bond acceptors (Lipinski definition) is 5. The second-order valence-electron chi connectivity index (χ2n) is 8.65. The van der Waals surface area contributed by atoms with Crippen LogP contribution in [0.15, 0.2) is 71.8 Å². The predicted molar refractivity (Wildman–Crippen MR) is 155 cm³/mol. The van der Waals surface area contributed by atoms with E-state index in [0.29, 0.717) is 55.6 Å². The van der Waals surface area contributed by atoms with E-state index in [0.717, 1.165) is 5.56 Å². The molecule has 1 amide bonds. The highest BCUT2D eigenvalue weighted by molar-refractivity contribution is 8.15. The number of rotatable bonds is 8. The van der Waals surface area contributed by atoms with Crippen LogP contribution in [0.3, 0.4) is 0 Å². The third kappa shape index (κ3) is 5.39. The van der Waals surface area contributed by atoms with Gasteiger partial charge in [-0.25, -0.2) is 5.01 Å². The molecule has 1 aliphatic rings. The second kappa shape index (κ2) is 11.5. The fourth-order valence-electron chi connectivity index (χ4n) is 4.28. The van der Waals surface area contributed by atoms with Crippen LogP contribution in [0.2, 0.25) is 20.1 Å². The molecule has 0 fully saturated rings. The van der Waals surface area contributed by atoms with Gasteiger partial charge in [0.15, 0.2) is 5.60 Å². The Morgan fingerprint density at radius 2 is 1.68 bits per heavy atom. The molecule has 3 aromatic carbocycles. The molecule has 2 N–H and O–H groups in total. The maximum atomic E-state index is 14.5. The van der Waals surface area contributed by atoms with Gasteiger partial charge in [0.1, 0.15) is 9.91 Å². The Bertz CT molecular complexity index is 1340. The van der Waals surface area contributed by atoms with Crippen molar-refractivity contribution in [2.24, 2.45) is 10.8 Å². The third-order valence-corrected chi connectivity index (χ3v) is 8.93. The van der Waals surface area contributed by atoms with Gasteiger partial charge in [-0.15, -0.1) is 0 Å². The first-order valence-electron chi connectivity index (χ1n) is 11.5. The molecular formula is C27H25Cl4N3O2S. The van der Waals surface area contributed by atoms with Gasteiger partial charge in [-0.1, -0.05) is 88.5 Å². The largest absolute Gasteiger partial charge is 0.364 e. The summed E-state index contributed by atoms with van der Waals surface area (Å²) in [5, 5.41) is 8.65. The topological polar surface area (TPSA) is 67.9 Å². The predicted octanol–water partition coefficient (Wildman–Crippen LogP) is 7.69. The van der Waals surface area contributed by atoms with Crippen LogP contribution in [-0.2, 0) is 20.0 Å². The van der Waals surface area contributed by atoms with Gasteiger partial charge in [-0.05, 0) is 68.3 Å². The van der Waals surface area contributed by atoms with Crippen molar-refractivity contribution in [1.82, 2.24) is 5.01 Å². The number of hydrogen-bond donors (Lipinski definition) is 1. The summed E-state index contributed by atoms with van der Waals surface area (Å²) < 4.78 is 5.87. The van der Waals surface area contributed by atoms with E-state index in [1.165, 1.54) is 23.9 Å². The van der Waals surface area contributed by atoms with Gasteiger partial charge in [-0.3, -0.25) is 4.79 Å². The summed E-state index contributed by atoms with van der Waals surface area (Å²) in [5.74, 6) is -0.416. The molecule has 1 heterocycles. The van der Waals surface area contributed by atoms with Gasteiger partial charge in [0, 0.05) is 33.3 Å². The van der Waals surface area contributed by atoms with Gasteiger partial charge in [-0.2, -0.15) is 5.10 Å². The van der Waals surface area contributed by atoms with Crippen LogP contribution in [0.25, 0.3) is 0 Å². The van der Waals surface area contributed by atoms with Crippen LogP contribution in [0.4, 0.5) is 0 Å². The minimum absolute atomic E-state index is 0.350. The number of benzene rings is 3. The van der Waals surface area contributed by atoms with Gasteiger partial charge in [0.05, 0.1) is 5.02 Å². The second-order valence-corrected chi connectivity index (χ2v) is 11.6.